The first-order valence-corrected chi connectivity index (χ1v) is 8.88. The van der Waals surface area contributed by atoms with Crippen LogP contribution in [0.3, 0.4) is 0 Å². The lowest BCUT2D eigenvalue weighted by Crippen LogP contribution is -2.41. The van der Waals surface area contributed by atoms with E-state index in [2.05, 4.69) is 10.6 Å². The van der Waals surface area contributed by atoms with E-state index in [1.54, 1.807) is 0 Å². The van der Waals surface area contributed by atoms with Gasteiger partial charge < -0.3 is 20.1 Å². The van der Waals surface area contributed by atoms with Crippen molar-refractivity contribution in [3.8, 4) is 11.5 Å². The van der Waals surface area contributed by atoms with Crippen molar-refractivity contribution in [1.82, 2.24) is 10.6 Å². The monoisotopic (exact) mass is 322 g/mol. The maximum atomic E-state index is 12.2. The predicted molar refractivity (Wildman–Crippen MR) is 87.7 cm³/mol. The van der Waals surface area contributed by atoms with Gasteiger partial charge >= 0.3 is 0 Å². The number of thioether (sulfide) groups is 1. The van der Waals surface area contributed by atoms with E-state index in [1.807, 2.05) is 36.9 Å². The molecule has 1 aromatic rings. The molecule has 0 radical (unpaired) electrons. The Kier molecular flexibility index (Phi) is 5.10. The maximum Gasteiger partial charge on any atom is 0.222 e. The van der Waals surface area contributed by atoms with E-state index in [9.17, 15) is 4.79 Å². The first-order valence-electron chi connectivity index (χ1n) is 7.72. The molecule has 120 valence electrons. The molecule has 0 aromatic heterocycles. The molecule has 22 heavy (non-hydrogen) atoms. The lowest BCUT2D eigenvalue weighted by molar-refractivity contribution is -0.122. The zero-order chi connectivity index (χ0) is 15.4. The number of hydrogen-bond donors (Lipinski definition) is 2. The zero-order valence-electron chi connectivity index (χ0n) is 12.8. The van der Waals surface area contributed by atoms with Gasteiger partial charge in [-0.15, -0.1) is 0 Å². The summed E-state index contributed by atoms with van der Waals surface area (Å²) in [6, 6.07) is 6.08. The normalized spacial score (nSPS) is 22.0. The van der Waals surface area contributed by atoms with Crippen molar-refractivity contribution in [3.63, 3.8) is 0 Å². The van der Waals surface area contributed by atoms with E-state index >= 15 is 0 Å². The van der Waals surface area contributed by atoms with Gasteiger partial charge in [0.15, 0.2) is 11.5 Å². The Labute approximate surface area is 135 Å². The predicted octanol–water partition coefficient (Wildman–Crippen LogP) is 1.73. The highest BCUT2D eigenvalue weighted by Gasteiger charge is 2.19. The fraction of sp³-hybridized carbons (Fsp3) is 0.562. The number of carbonyl (C=O) groups is 1. The Hall–Kier alpha value is -1.40. The smallest absolute Gasteiger partial charge is 0.222 e. The molecule has 0 aliphatic carbocycles. The van der Waals surface area contributed by atoms with Gasteiger partial charge in [0, 0.05) is 30.5 Å². The standard InChI is InChI=1S/C16H22N2O3S/c1-11(18-16(19)9-13-10-22-7-4-17-13)12-2-3-14-15(8-12)21-6-5-20-14/h2-3,8,11,13,17H,4-7,9-10H2,1H3,(H,18,19). The fourth-order valence-corrected chi connectivity index (χ4v) is 3.64. The van der Waals surface area contributed by atoms with Crippen LogP contribution in [0, 0.1) is 0 Å². The molecule has 0 saturated carbocycles. The molecule has 2 N–H and O–H groups in total. The zero-order valence-corrected chi connectivity index (χ0v) is 13.6. The number of hydrogen-bond acceptors (Lipinski definition) is 5. The first-order chi connectivity index (χ1) is 10.7. The van der Waals surface area contributed by atoms with Gasteiger partial charge in [-0.1, -0.05) is 6.07 Å². The second-order valence-electron chi connectivity index (χ2n) is 5.62. The van der Waals surface area contributed by atoms with Gasteiger partial charge in [-0.2, -0.15) is 11.8 Å². The van der Waals surface area contributed by atoms with Gasteiger partial charge in [0.1, 0.15) is 13.2 Å². The Bertz CT molecular complexity index is 532. The summed E-state index contributed by atoms with van der Waals surface area (Å²) in [6.07, 6.45) is 0.530. The van der Waals surface area contributed by atoms with Gasteiger partial charge in [-0.25, -0.2) is 0 Å². The average Bonchev–Trinajstić information content (AvgIpc) is 2.55. The minimum absolute atomic E-state index is 0.0421. The molecular formula is C16H22N2O3S. The second-order valence-corrected chi connectivity index (χ2v) is 6.77. The minimum atomic E-state index is -0.0421. The summed E-state index contributed by atoms with van der Waals surface area (Å²) in [5.41, 5.74) is 1.03. The van der Waals surface area contributed by atoms with Gasteiger partial charge in [0.05, 0.1) is 6.04 Å². The number of amides is 1. The number of rotatable bonds is 4. The van der Waals surface area contributed by atoms with Crippen LogP contribution < -0.4 is 20.1 Å². The fourth-order valence-electron chi connectivity index (χ4n) is 2.69. The van der Waals surface area contributed by atoms with Crippen LogP contribution in [0.5, 0.6) is 11.5 Å². The Balaban J connectivity index is 1.56. The van der Waals surface area contributed by atoms with Crippen LogP contribution >= 0.6 is 11.8 Å². The highest BCUT2D eigenvalue weighted by molar-refractivity contribution is 7.99. The topological polar surface area (TPSA) is 59.6 Å². The highest BCUT2D eigenvalue weighted by atomic mass is 32.2. The molecule has 3 rings (SSSR count). The summed E-state index contributed by atoms with van der Waals surface area (Å²) >= 11 is 1.90. The summed E-state index contributed by atoms with van der Waals surface area (Å²) < 4.78 is 11.1. The molecule has 1 fully saturated rings. The molecule has 2 heterocycles. The number of nitrogens with one attached hydrogen (secondary N) is 2. The highest BCUT2D eigenvalue weighted by Crippen LogP contribution is 2.32. The molecule has 0 bridgehead atoms. The molecule has 2 unspecified atom stereocenters. The molecule has 5 nitrogen and oxygen atoms in total. The molecule has 0 spiro atoms. The molecule has 2 atom stereocenters. The molecule has 1 amide bonds. The van der Waals surface area contributed by atoms with Crippen LogP contribution in [0.15, 0.2) is 18.2 Å². The average molecular weight is 322 g/mol. The third-order valence-corrected chi connectivity index (χ3v) is 5.00. The molecular weight excluding hydrogens is 300 g/mol. The van der Waals surface area contributed by atoms with Crippen LogP contribution in [0.4, 0.5) is 0 Å². The molecule has 6 heteroatoms. The summed E-state index contributed by atoms with van der Waals surface area (Å²) in [6.45, 7) is 4.14. The van der Waals surface area contributed by atoms with Gasteiger partial charge in [-0.3, -0.25) is 4.79 Å². The van der Waals surface area contributed by atoms with Crippen molar-refractivity contribution in [3.05, 3.63) is 23.8 Å². The molecule has 1 aromatic carbocycles. The van der Waals surface area contributed by atoms with Crippen molar-refractivity contribution < 1.29 is 14.3 Å². The van der Waals surface area contributed by atoms with Crippen LogP contribution in [0.2, 0.25) is 0 Å². The van der Waals surface area contributed by atoms with Crippen molar-refractivity contribution in [2.45, 2.75) is 25.4 Å². The summed E-state index contributed by atoms with van der Waals surface area (Å²) in [5.74, 6) is 3.76. The Morgan fingerprint density at radius 1 is 1.41 bits per heavy atom. The van der Waals surface area contributed by atoms with E-state index in [0.717, 1.165) is 35.1 Å². The Morgan fingerprint density at radius 3 is 3.00 bits per heavy atom. The second kappa shape index (κ2) is 7.24. The van der Waals surface area contributed by atoms with Gasteiger partial charge in [0.2, 0.25) is 5.91 Å². The van der Waals surface area contributed by atoms with Crippen molar-refractivity contribution in [2.24, 2.45) is 0 Å². The SMILES string of the molecule is CC(NC(=O)CC1CSCCN1)c1ccc2c(c1)OCCO2. The van der Waals surface area contributed by atoms with Crippen LogP contribution in [-0.2, 0) is 4.79 Å². The van der Waals surface area contributed by atoms with Crippen LogP contribution in [0.25, 0.3) is 0 Å². The number of fused-ring (bicyclic) bond motifs is 1. The minimum Gasteiger partial charge on any atom is -0.486 e. The Morgan fingerprint density at radius 2 is 2.23 bits per heavy atom. The van der Waals surface area contributed by atoms with Crippen LogP contribution in [0.1, 0.15) is 24.9 Å². The third-order valence-electron chi connectivity index (χ3n) is 3.87. The summed E-state index contributed by atoms with van der Waals surface area (Å²) in [4.78, 5) is 12.2. The van der Waals surface area contributed by atoms with Crippen molar-refractivity contribution in [1.29, 1.82) is 0 Å². The quantitative estimate of drug-likeness (QED) is 0.884. The van der Waals surface area contributed by atoms with Gasteiger partial charge in [0.25, 0.3) is 0 Å². The molecule has 2 aliphatic heterocycles. The molecule has 1 saturated heterocycles. The number of carbonyl (C=O) groups excluding carboxylic acids is 1. The third kappa shape index (κ3) is 3.87. The first kappa shape index (κ1) is 15.5. The number of ether oxygens (including phenoxy) is 2. The largest absolute Gasteiger partial charge is 0.486 e. The van der Waals surface area contributed by atoms with E-state index in [-0.39, 0.29) is 18.0 Å². The van der Waals surface area contributed by atoms with E-state index in [4.69, 9.17) is 9.47 Å². The van der Waals surface area contributed by atoms with Gasteiger partial charge in [-0.05, 0) is 24.6 Å². The maximum absolute atomic E-state index is 12.2. The van der Waals surface area contributed by atoms with E-state index in [0.29, 0.717) is 19.6 Å². The lowest BCUT2D eigenvalue weighted by atomic mass is 10.1. The number of benzene rings is 1. The van der Waals surface area contributed by atoms with Crippen LogP contribution in [-0.4, -0.2) is 43.2 Å². The van der Waals surface area contributed by atoms with Crippen molar-refractivity contribution in [2.75, 3.05) is 31.3 Å². The van der Waals surface area contributed by atoms with Crippen molar-refractivity contribution >= 4 is 17.7 Å². The molecule has 2 aliphatic rings. The van der Waals surface area contributed by atoms with E-state index in [1.165, 1.54) is 0 Å². The van der Waals surface area contributed by atoms with E-state index < -0.39 is 0 Å². The lowest BCUT2D eigenvalue weighted by Gasteiger charge is -2.24. The summed E-state index contributed by atoms with van der Waals surface area (Å²) in [5, 5.41) is 6.45. The summed E-state index contributed by atoms with van der Waals surface area (Å²) in [7, 11) is 0.